The van der Waals surface area contributed by atoms with E-state index in [0.717, 1.165) is 27.9 Å². The van der Waals surface area contributed by atoms with E-state index in [4.69, 9.17) is 5.26 Å². The van der Waals surface area contributed by atoms with E-state index < -0.39 is 0 Å². The Morgan fingerprint density at radius 1 is 1.16 bits per heavy atom. The number of halogens is 1. The first-order valence-electron chi connectivity index (χ1n) is 10.0. The zero-order valence-electron chi connectivity index (χ0n) is 16.5. The number of likely N-dealkylation sites (tertiary alicyclic amines) is 1. The number of rotatable bonds is 3. The minimum Gasteiger partial charge on any atom is -0.339 e. The largest absolute Gasteiger partial charge is 0.339 e. The zero-order chi connectivity index (χ0) is 21.4. The lowest BCUT2D eigenvalue weighted by atomic mass is 10.1. The first-order chi connectivity index (χ1) is 15.1. The molecule has 1 aliphatic heterocycles. The van der Waals surface area contributed by atoms with Crippen molar-refractivity contribution in [1.29, 1.82) is 5.26 Å². The number of benzene rings is 1. The number of pyridine rings is 2. The van der Waals surface area contributed by atoms with Crippen molar-refractivity contribution in [1.82, 2.24) is 19.9 Å². The number of fused-ring (bicyclic) bond motifs is 1. The molecular formula is C24H18FN5O. The van der Waals surface area contributed by atoms with Crippen molar-refractivity contribution in [3.63, 3.8) is 0 Å². The standard InChI is InChI=1S/C24H18FN5O/c25-19-6-4-16(5-7-19)22-11-17-10-18(13-27-23(17)29-22)20-2-1-3-21(28-20)24(31)30-9-8-15(12-26)14-30/h1-7,10-11,13,15H,8-9,14H2,(H,27,29). The molecule has 0 radical (unpaired) electrons. The second-order valence-electron chi connectivity index (χ2n) is 7.63. The van der Waals surface area contributed by atoms with Crippen molar-refractivity contribution in [2.45, 2.75) is 6.42 Å². The number of nitrogens with zero attached hydrogens (tertiary/aromatic N) is 4. The molecule has 1 atom stereocenters. The maximum atomic E-state index is 13.2. The fraction of sp³-hybridized carbons (Fsp3) is 0.167. The van der Waals surface area contributed by atoms with Crippen LogP contribution in [-0.4, -0.2) is 38.8 Å². The number of aromatic amines is 1. The minimum absolute atomic E-state index is 0.109. The molecule has 5 rings (SSSR count). The van der Waals surface area contributed by atoms with Crippen LogP contribution in [0.4, 0.5) is 4.39 Å². The first-order valence-corrected chi connectivity index (χ1v) is 10.0. The normalized spacial score (nSPS) is 15.9. The molecule has 0 spiro atoms. The molecule has 3 aromatic heterocycles. The van der Waals surface area contributed by atoms with Gasteiger partial charge in [-0.3, -0.25) is 4.79 Å². The molecule has 1 amide bonds. The Kier molecular flexibility index (Phi) is 4.68. The molecule has 31 heavy (non-hydrogen) atoms. The van der Waals surface area contributed by atoms with Crippen molar-refractivity contribution >= 4 is 16.9 Å². The quantitative estimate of drug-likeness (QED) is 0.541. The van der Waals surface area contributed by atoms with Crippen LogP contribution < -0.4 is 0 Å². The molecule has 1 aliphatic rings. The average Bonchev–Trinajstić information content (AvgIpc) is 3.46. The highest BCUT2D eigenvalue weighted by molar-refractivity contribution is 5.93. The van der Waals surface area contributed by atoms with Crippen LogP contribution in [0.5, 0.6) is 0 Å². The molecular weight excluding hydrogens is 393 g/mol. The van der Waals surface area contributed by atoms with Crippen LogP contribution in [0.1, 0.15) is 16.9 Å². The molecule has 1 aromatic carbocycles. The number of aromatic nitrogens is 3. The molecule has 0 bridgehead atoms. The summed E-state index contributed by atoms with van der Waals surface area (Å²) in [7, 11) is 0. The molecule has 1 N–H and O–H groups in total. The lowest BCUT2D eigenvalue weighted by Crippen LogP contribution is -2.29. The van der Waals surface area contributed by atoms with E-state index in [1.807, 2.05) is 18.2 Å². The van der Waals surface area contributed by atoms with E-state index in [0.29, 0.717) is 30.9 Å². The summed E-state index contributed by atoms with van der Waals surface area (Å²) in [5.41, 5.74) is 4.24. The molecule has 6 nitrogen and oxygen atoms in total. The lowest BCUT2D eigenvalue weighted by Gasteiger charge is -2.15. The number of carbonyl (C=O) groups excluding carboxylic acids is 1. The van der Waals surface area contributed by atoms with Crippen LogP contribution in [0.15, 0.2) is 60.8 Å². The van der Waals surface area contributed by atoms with Crippen molar-refractivity contribution in [2.75, 3.05) is 13.1 Å². The summed E-state index contributed by atoms with van der Waals surface area (Å²) in [6.45, 7) is 1.02. The predicted molar refractivity (Wildman–Crippen MR) is 114 cm³/mol. The third kappa shape index (κ3) is 3.64. The van der Waals surface area contributed by atoms with Crippen LogP contribution in [-0.2, 0) is 0 Å². The van der Waals surface area contributed by atoms with E-state index >= 15 is 0 Å². The lowest BCUT2D eigenvalue weighted by molar-refractivity contribution is 0.0784. The van der Waals surface area contributed by atoms with Gasteiger partial charge in [-0.15, -0.1) is 0 Å². The van der Waals surface area contributed by atoms with Crippen LogP contribution in [0.25, 0.3) is 33.5 Å². The third-order valence-electron chi connectivity index (χ3n) is 5.55. The summed E-state index contributed by atoms with van der Waals surface area (Å²) < 4.78 is 13.2. The molecule has 7 heteroatoms. The third-order valence-corrected chi connectivity index (χ3v) is 5.55. The number of nitrogens with one attached hydrogen (secondary N) is 1. The number of hydrogen-bond donors (Lipinski definition) is 1. The Bertz CT molecular complexity index is 1320. The maximum Gasteiger partial charge on any atom is 0.272 e. The van der Waals surface area contributed by atoms with E-state index in [1.54, 1.807) is 35.4 Å². The van der Waals surface area contributed by atoms with Crippen LogP contribution >= 0.6 is 0 Å². The van der Waals surface area contributed by atoms with E-state index in [2.05, 4.69) is 21.0 Å². The molecule has 4 heterocycles. The predicted octanol–water partition coefficient (Wildman–Crippen LogP) is 4.42. The van der Waals surface area contributed by atoms with Gasteiger partial charge in [0.2, 0.25) is 0 Å². The van der Waals surface area contributed by atoms with Gasteiger partial charge < -0.3 is 9.88 Å². The Morgan fingerprint density at radius 3 is 2.77 bits per heavy atom. The average molecular weight is 411 g/mol. The molecule has 1 saturated heterocycles. The second-order valence-corrected chi connectivity index (χ2v) is 7.63. The van der Waals surface area contributed by atoms with Gasteiger partial charge in [-0.25, -0.2) is 14.4 Å². The zero-order valence-corrected chi connectivity index (χ0v) is 16.5. The summed E-state index contributed by atoms with van der Waals surface area (Å²) in [6.07, 6.45) is 2.41. The van der Waals surface area contributed by atoms with E-state index in [-0.39, 0.29) is 17.6 Å². The van der Waals surface area contributed by atoms with Crippen LogP contribution in [0.3, 0.4) is 0 Å². The first kappa shape index (κ1) is 18.9. The van der Waals surface area contributed by atoms with Gasteiger partial charge >= 0.3 is 0 Å². The van der Waals surface area contributed by atoms with Gasteiger partial charge in [-0.2, -0.15) is 5.26 Å². The van der Waals surface area contributed by atoms with E-state index in [9.17, 15) is 9.18 Å². The minimum atomic E-state index is -0.280. The van der Waals surface area contributed by atoms with Crippen molar-refractivity contribution in [3.05, 3.63) is 72.3 Å². The SMILES string of the molecule is N#CC1CCN(C(=O)c2cccc(-c3cnc4[nH]c(-c5ccc(F)cc5)cc4c3)n2)C1. The number of carbonyl (C=O) groups is 1. The number of H-pyrrole nitrogens is 1. The van der Waals surface area contributed by atoms with Gasteiger partial charge in [0.1, 0.15) is 17.2 Å². The molecule has 152 valence electrons. The highest BCUT2D eigenvalue weighted by Crippen LogP contribution is 2.27. The Labute approximate surface area is 178 Å². The Morgan fingerprint density at radius 2 is 2.00 bits per heavy atom. The molecule has 0 aliphatic carbocycles. The van der Waals surface area contributed by atoms with Gasteiger partial charge in [-0.1, -0.05) is 6.07 Å². The Hall–Kier alpha value is -4.05. The molecule has 1 unspecified atom stereocenters. The second kappa shape index (κ2) is 7.65. The van der Waals surface area contributed by atoms with Crippen molar-refractivity contribution < 1.29 is 9.18 Å². The summed E-state index contributed by atoms with van der Waals surface area (Å²) in [4.78, 5) is 26.8. The monoisotopic (exact) mass is 411 g/mol. The fourth-order valence-corrected chi connectivity index (χ4v) is 3.87. The van der Waals surface area contributed by atoms with Crippen molar-refractivity contribution in [2.24, 2.45) is 5.92 Å². The van der Waals surface area contributed by atoms with E-state index in [1.165, 1.54) is 12.1 Å². The van der Waals surface area contributed by atoms with Gasteiger partial charge in [-0.05, 0) is 60.5 Å². The summed E-state index contributed by atoms with van der Waals surface area (Å²) in [6, 6.07) is 17.8. The summed E-state index contributed by atoms with van der Waals surface area (Å²) in [5.74, 6) is -0.547. The maximum absolute atomic E-state index is 13.2. The van der Waals surface area contributed by atoms with Crippen molar-refractivity contribution in [3.8, 4) is 28.6 Å². The smallest absolute Gasteiger partial charge is 0.272 e. The van der Waals surface area contributed by atoms with Gasteiger partial charge in [0.15, 0.2) is 0 Å². The van der Waals surface area contributed by atoms with Crippen LogP contribution in [0, 0.1) is 23.1 Å². The number of amides is 1. The molecule has 4 aromatic rings. The van der Waals surface area contributed by atoms with Gasteiger partial charge in [0.05, 0.1) is 17.7 Å². The van der Waals surface area contributed by atoms with Crippen LogP contribution in [0.2, 0.25) is 0 Å². The highest BCUT2D eigenvalue weighted by Gasteiger charge is 2.27. The summed E-state index contributed by atoms with van der Waals surface area (Å²) >= 11 is 0. The number of hydrogen-bond acceptors (Lipinski definition) is 4. The summed E-state index contributed by atoms with van der Waals surface area (Å²) in [5, 5.41) is 9.97. The Balaban J connectivity index is 1.44. The highest BCUT2D eigenvalue weighted by atomic mass is 19.1. The number of nitriles is 1. The van der Waals surface area contributed by atoms with Gasteiger partial charge in [0, 0.05) is 35.9 Å². The molecule has 1 fully saturated rings. The molecule has 0 saturated carbocycles. The topological polar surface area (TPSA) is 85.7 Å². The fourth-order valence-electron chi connectivity index (χ4n) is 3.87. The van der Waals surface area contributed by atoms with Gasteiger partial charge in [0.25, 0.3) is 5.91 Å².